The maximum Gasteiger partial charge on any atom is 0.414 e. The number of fused-ring (bicyclic) bond motifs is 1. The van der Waals surface area contributed by atoms with Gasteiger partial charge in [-0.25, -0.2) is 4.79 Å². The van der Waals surface area contributed by atoms with Crippen LogP contribution in [0.3, 0.4) is 0 Å². The average molecular weight is 322 g/mol. The zero-order valence-electron chi connectivity index (χ0n) is 12.2. The van der Waals surface area contributed by atoms with Crippen LogP contribution < -0.4 is 0 Å². The highest BCUT2D eigenvalue weighted by Gasteiger charge is 2.55. The van der Waals surface area contributed by atoms with Crippen molar-refractivity contribution in [3.8, 4) is 0 Å². The molecule has 2 aliphatic rings. The molecule has 0 spiro atoms. The number of aliphatic hydroxyl groups is 1. The summed E-state index contributed by atoms with van der Waals surface area (Å²) in [5.41, 5.74) is -1.39. The van der Waals surface area contributed by atoms with Crippen molar-refractivity contribution in [3.63, 3.8) is 0 Å². The van der Waals surface area contributed by atoms with E-state index in [0.29, 0.717) is 0 Å². The van der Waals surface area contributed by atoms with Gasteiger partial charge in [-0.3, -0.25) is 9.69 Å². The van der Waals surface area contributed by atoms with Gasteiger partial charge in [0.25, 0.3) is 0 Å². The Bertz CT molecular complexity index is 520. The first kappa shape index (κ1) is 16.8. The predicted molar refractivity (Wildman–Crippen MR) is 68.5 cm³/mol. The average Bonchev–Trinajstić information content (AvgIpc) is 2.66. The van der Waals surface area contributed by atoms with E-state index < -0.39 is 29.8 Å². The molecule has 1 N–H and O–H groups in total. The zero-order chi connectivity index (χ0) is 16.7. The molecule has 9 heteroatoms. The molecule has 2 heterocycles. The van der Waals surface area contributed by atoms with Crippen molar-refractivity contribution < 1.29 is 32.6 Å². The van der Waals surface area contributed by atoms with E-state index in [-0.39, 0.29) is 31.6 Å². The van der Waals surface area contributed by atoms with E-state index in [1.807, 2.05) is 0 Å². The Hall–Kier alpha value is -1.61. The van der Waals surface area contributed by atoms with Gasteiger partial charge in [-0.1, -0.05) is 0 Å². The number of ether oxygens (including phenoxy) is 1. The molecule has 2 atom stereocenters. The molecule has 22 heavy (non-hydrogen) atoms. The number of alkyl halides is 3. The van der Waals surface area contributed by atoms with Gasteiger partial charge in [0.05, 0.1) is 7.11 Å². The highest BCUT2D eigenvalue weighted by atomic mass is 19.4. The summed E-state index contributed by atoms with van der Waals surface area (Å²) < 4.78 is 43.5. The van der Waals surface area contributed by atoms with Crippen LogP contribution in [0.2, 0.25) is 0 Å². The van der Waals surface area contributed by atoms with Crippen molar-refractivity contribution in [2.24, 2.45) is 0 Å². The Morgan fingerprint density at radius 1 is 1.55 bits per heavy atom. The Balaban J connectivity index is 2.27. The lowest BCUT2D eigenvalue weighted by molar-refractivity contribution is -0.206. The third-order valence-corrected chi connectivity index (χ3v) is 4.06. The maximum atomic E-state index is 13.1. The highest BCUT2D eigenvalue weighted by Crippen LogP contribution is 2.38. The van der Waals surface area contributed by atoms with E-state index in [4.69, 9.17) is 0 Å². The molecular formula is C13H17F3N2O4. The number of hydrogen-bond donors (Lipinski definition) is 1. The van der Waals surface area contributed by atoms with Crippen molar-refractivity contribution in [2.45, 2.75) is 31.3 Å². The van der Waals surface area contributed by atoms with Crippen molar-refractivity contribution in [1.82, 2.24) is 9.80 Å². The Kier molecular flexibility index (Phi) is 4.22. The molecule has 0 aliphatic carbocycles. The van der Waals surface area contributed by atoms with Gasteiger partial charge < -0.3 is 14.7 Å². The number of nitrogens with zero attached hydrogens (tertiary/aromatic N) is 2. The number of likely N-dealkylation sites (N-methyl/N-ethyl adjacent to an activating group) is 1. The summed E-state index contributed by atoms with van der Waals surface area (Å²) in [7, 11) is 0.887. The van der Waals surface area contributed by atoms with E-state index >= 15 is 0 Å². The molecule has 0 aromatic carbocycles. The number of hydrogen-bond acceptors (Lipinski definition) is 5. The first-order valence-corrected chi connectivity index (χ1v) is 6.78. The second-order valence-electron chi connectivity index (χ2n) is 5.26. The van der Waals surface area contributed by atoms with Crippen molar-refractivity contribution in [2.75, 3.05) is 26.7 Å². The standard InChI is InChI=1S/C13H17F3N2O4/c1-3-18-9(19)6-8-7-17(5-4-12(8,18)21)10(11(20)22-2)13(14,15)16/h6,10,21H,3-5,7H2,1-2H3/t10?,12-/m0/s1. The van der Waals surface area contributed by atoms with Gasteiger partial charge in [0.2, 0.25) is 11.9 Å². The van der Waals surface area contributed by atoms with E-state index in [1.165, 1.54) is 4.90 Å². The summed E-state index contributed by atoms with van der Waals surface area (Å²) in [5, 5.41) is 10.6. The van der Waals surface area contributed by atoms with Crippen LogP contribution in [0, 0.1) is 0 Å². The highest BCUT2D eigenvalue weighted by molar-refractivity contribution is 5.92. The minimum absolute atomic E-state index is 0.0953. The number of piperidine rings is 1. The number of amides is 1. The first-order valence-electron chi connectivity index (χ1n) is 6.78. The normalized spacial score (nSPS) is 27.5. The van der Waals surface area contributed by atoms with Crippen LogP contribution in [0.15, 0.2) is 11.6 Å². The van der Waals surface area contributed by atoms with Gasteiger partial charge in [-0.2, -0.15) is 13.2 Å². The fourth-order valence-electron chi connectivity index (χ4n) is 3.00. The summed E-state index contributed by atoms with van der Waals surface area (Å²) in [5.74, 6) is -1.85. The lowest BCUT2D eigenvalue weighted by Crippen LogP contribution is -2.60. The molecule has 1 amide bonds. The van der Waals surface area contributed by atoms with Crippen molar-refractivity contribution in [3.05, 3.63) is 11.6 Å². The molecule has 0 aromatic rings. The second kappa shape index (κ2) is 5.54. The molecule has 0 bridgehead atoms. The molecule has 6 nitrogen and oxygen atoms in total. The largest absolute Gasteiger partial charge is 0.468 e. The first-order chi connectivity index (χ1) is 10.1. The quantitative estimate of drug-likeness (QED) is 0.756. The van der Waals surface area contributed by atoms with Gasteiger partial charge in [0, 0.05) is 37.7 Å². The van der Waals surface area contributed by atoms with Crippen LogP contribution in [0.25, 0.3) is 0 Å². The number of rotatable bonds is 3. The Morgan fingerprint density at radius 2 is 2.18 bits per heavy atom. The molecule has 0 radical (unpaired) electrons. The number of halogens is 3. The second-order valence-corrected chi connectivity index (χ2v) is 5.26. The van der Waals surface area contributed by atoms with E-state index in [0.717, 1.165) is 18.1 Å². The summed E-state index contributed by atoms with van der Waals surface area (Å²) in [4.78, 5) is 25.4. The van der Waals surface area contributed by atoms with Gasteiger partial charge in [0.15, 0.2) is 5.72 Å². The minimum Gasteiger partial charge on any atom is -0.468 e. The van der Waals surface area contributed by atoms with Crippen LogP contribution in [-0.2, 0) is 14.3 Å². The lowest BCUT2D eigenvalue weighted by atomic mass is 9.94. The number of esters is 1. The van der Waals surface area contributed by atoms with E-state index in [1.54, 1.807) is 6.92 Å². The zero-order valence-corrected chi connectivity index (χ0v) is 12.2. The van der Waals surface area contributed by atoms with Crippen LogP contribution >= 0.6 is 0 Å². The number of carbonyl (C=O) groups is 2. The summed E-state index contributed by atoms with van der Waals surface area (Å²) >= 11 is 0. The Morgan fingerprint density at radius 3 is 2.68 bits per heavy atom. The number of likely N-dealkylation sites (tertiary alicyclic amines) is 1. The van der Waals surface area contributed by atoms with Crippen molar-refractivity contribution >= 4 is 11.9 Å². The van der Waals surface area contributed by atoms with Crippen LogP contribution in [-0.4, -0.2) is 71.5 Å². The number of methoxy groups -OCH3 is 1. The fourth-order valence-corrected chi connectivity index (χ4v) is 3.00. The monoisotopic (exact) mass is 322 g/mol. The van der Waals surface area contributed by atoms with Gasteiger partial charge >= 0.3 is 12.1 Å². The molecule has 2 rings (SSSR count). The summed E-state index contributed by atoms with van der Waals surface area (Å²) in [6.45, 7) is 1.41. The van der Waals surface area contributed by atoms with Crippen molar-refractivity contribution in [1.29, 1.82) is 0 Å². The summed E-state index contributed by atoms with van der Waals surface area (Å²) in [6, 6.07) is -2.41. The lowest BCUT2D eigenvalue weighted by Gasteiger charge is -2.44. The van der Waals surface area contributed by atoms with E-state index in [2.05, 4.69) is 4.74 Å². The van der Waals surface area contributed by atoms with Crippen LogP contribution in [0.4, 0.5) is 13.2 Å². The molecular weight excluding hydrogens is 305 g/mol. The molecule has 0 saturated carbocycles. The van der Waals surface area contributed by atoms with Crippen LogP contribution in [0.1, 0.15) is 13.3 Å². The minimum atomic E-state index is -4.80. The number of carbonyl (C=O) groups excluding carboxylic acids is 2. The smallest absolute Gasteiger partial charge is 0.414 e. The van der Waals surface area contributed by atoms with Crippen LogP contribution in [0.5, 0.6) is 0 Å². The fraction of sp³-hybridized carbons (Fsp3) is 0.692. The molecule has 1 saturated heterocycles. The molecule has 2 aliphatic heterocycles. The van der Waals surface area contributed by atoms with Gasteiger partial charge in [0.1, 0.15) is 0 Å². The SMILES string of the molecule is CCN1C(=O)C=C2CN(C(C(=O)OC)C(F)(F)F)CC[C@]21O. The van der Waals surface area contributed by atoms with Gasteiger partial charge in [-0.15, -0.1) is 0 Å². The molecule has 1 unspecified atom stereocenters. The Labute approximate surface area is 125 Å². The maximum absolute atomic E-state index is 13.1. The predicted octanol–water partition coefficient (Wildman–Crippen LogP) is 0.273. The third kappa shape index (κ3) is 2.58. The molecule has 1 fully saturated rings. The molecule has 0 aromatic heterocycles. The molecule has 124 valence electrons. The third-order valence-electron chi connectivity index (χ3n) is 4.06. The summed E-state index contributed by atoms with van der Waals surface area (Å²) in [6.07, 6.45) is -3.75. The van der Waals surface area contributed by atoms with E-state index in [9.17, 15) is 27.9 Å². The van der Waals surface area contributed by atoms with Gasteiger partial charge in [-0.05, 0) is 6.92 Å². The topological polar surface area (TPSA) is 70.1 Å².